The minimum Gasteiger partial charge on any atom is -0.386 e. The molecular formula is C8H5IO3. The summed E-state index contributed by atoms with van der Waals surface area (Å²) < 4.78 is 4.73. The largest absolute Gasteiger partial charge is 0.386 e. The molecule has 0 N–H and O–H groups in total. The average Bonchev–Trinajstić information content (AvgIpc) is 2.28. The van der Waals surface area contributed by atoms with Crippen LogP contribution in [0.3, 0.4) is 0 Å². The van der Waals surface area contributed by atoms with E-state index in [-0.39, 0.29) is 0 Å². The summed E-state index contributed by atoms with van der Waals surface area (Å²) in [5.74, 6) is -1.01. The lowest BCUT2D eigenvalue weighted by atomic mass is 10.0. The van der Waals surface area contributed by atoms with Crippen LogP contribution in [-0.2, 0) is 14.3 Å². The van der Waals surface area contributed by atoms with Crippen molar-refractivity contribution in [3.8, 4) is 0 Å². The van der Waals surface area contributed by atoms with Gasteiger partial charge in [0.1, 0.15) is 0 Å². The molecule has 0 spiro atoms. The molecule has 4 heteroatoms. The SMILES string of the molecule is O=C1OC(=O)C2=C[C@H](I)CC=C12. The van der Waals surface area contributed by atoms with E-state index in [0.29, 0.717) is 15.1 Å². The van der Waals surface area contributed by atoms with Gasteiger partial charge in [-0.3, -0.25) is 0 Å². The first-order valence-electron chi connectivity index (χ1n) is 3.51. The molecule has 0 unspecified atom stereocenters. The highest BCUT2D eigenvalue weighted by atomic mass is 127. The molecule has 2 aliphatic rings. The first-order valence-corrected chi connectivity index (χ1v) is 4.76. The Morgan fingerprint density at radius 3 is 2.75 bits per heavy atom. The maximum absolute atomic E-state index is 11.0. The Labute approximate surface area is 82.6 Å². The van der Waals surface area contributed by atoms with Crippen LogP contribution >= 0.6 is 22.6 Å². The van der Waals surface area contributed by atoms with Gasteiger partial charge in [-0.1, -0.05) is 34.7 Å². The normalized spacial score (nSPS) is 27.6. The van der Waals surface area contributed by atoms with Crippen LogP contribution in [0.25, 0.3) is 0 Å². The van der Waals surface area contributed by atoms with Crippen molar-refractivity contribution in [3.05, 3.63) is 23.3 Å². The molecule has 0 aromatic heterocycles. The zero-order valence-corrected chi connectivity index (χ0v) is 8.20. The van der Waals surface area contributed by atoms with Crippen molar-refractivity contribution in [1.29, 1.82) is 0 Å². The first-order chi connectivity index (χ1) is 5.68. The number of alkyl halides is 1. The van der Waals surface area contributed by atoms with E-state index >= 15 is 0 Å². The molecule has 1 saturated heterocycles. The predicted octanol–water partition coefficient (Wildman–Crippen LogP) is 1.13. The van der Waals surface area contributed by atoms with Crippen molar-refractivity contribution in [3.63, 3.8) is 0 Å². The summed E-state index contributed by atoms with van der Waals surface area (Å²) in [6, 6.07) is 0. The van der Waals surface area contributed by atoms with Crippen LogP contribution in [0.1, 0.15) is 6.42 Å². The highest BCUT2D eigenvalue weighted by molar-refractivity contribution is 14.1. The molecule has 1 aliphatic carbocycles. The number of halogens is 1. The quantitative estimate of drug-likeness (QED) is 0.288. The lowest BCUT2D eigenvalue weighted by Crippen LogP contribution is -2.04. The monoisotopic (exact) mass is 276 g/mol. The van der Waals surface area contributed by atoms with Gasteiger partial charge in [0.05, 0.1) is 11.1 Å². The second-order valence-electron chi connectivity index (χ2n) is 2.63. The van der Waals surface area contributed by atoms with Gasteiger partial charge in [-0.2, -0.15) is 0 Å². The van der Waals surface area contributed by atoms with Gasteiger partial charge < -0.3 is 4.74 Å². The third kappa shape index (κ3) is 1.10. The molecule has 1 heterocycles. The van der Waals surface area contributed by atoms with Gasteiger partial charge in [-0.15, -0.1) is 0 Å². The highest BCUT2D eigenvalue weighted by Crippen LogP contribution is 2.29. The Morgan fingerprint density at radius 1 is 1.33 bits per heavy atom. The second kappa shape index (κ2) is 2.69. The van der Waals surface area contributed by atoms with Crippen molar-refractivity contribution in [1.82, 2.24) is 0 Å². The molecule has 0 amide bonds. The highest BCUT2D eigenvalue weighted by Gasteiger charge is 2.35. The number of fused-ring (bicyclic) bond motifs is 1. The molecule has 12 heavy (non-hydrogen) atoms. The predicted molar refractivity (Wildman–Crippen MR) is 49.7 cm³/mol. The Bertz CT molecular complexity index is 327. The molecule has 0 saturated carbocycles. The Balaban J connectivity index is 2.46. The Kier molecular flexibility index (Phi) is 1.79. The number of carbonyl (C=O) groups is 2. The molecule has 3 nitrogen and oxygen atoms in total. The standard InChI is InChI=1S/C8H5IO3/c9-4-1-2-5-6(3-4)8(11)12-7(5)10/h2-4H,1H2/t4-/m1/s1. The lowest BCUT2D eigenvalue weighted by Gasteiger charge is -2.06. The maximum Gasteiger partial charge on any atom is 0.346 e. The smallest absolute Gasteiger partial charge is 0.346 e. The minimum absolute atomic E-state index is 0.291. The van der Waals surface area contributed by atoms with Crippen LogP contribution in [0, 0.1) is 0 Å². The van der Waals surface area contributed by atoms with Gasteiger partial charge in [-0.05, 0) is 6.42 Å². The van der Waals surface area contributed by atoms with Crippen molar-refractivity contribution >= 4 is 34.5 Å². The zero-order chi connectivity index (χ0) is 8.72. The van der Waals surface area contributed by atoms with Crippen LogP contribution < -0.4 is 0 Å². The second-order valence-corrected chi connectivity index (χ2v) is 4.23. The summed E-state index contributed by atoms with van der Waals surface area (Å²) >= 11 is 2.21. The maximum atomic E-state index is 11.0. The summed E-state index contributed by atoms with van der Waals surface area (Å²) in [5.41, 5.74) is 0.874. The molecule has 1 fully saturated rings. The summed E-state index contributed by atoms with van der Waals surface area (Å²) in [5, 5.41) is 0. The van der Waals surface area contributed by atoms with Crippen LogP contribution in [0.2, 0.25) is 0 Å². The first kappa shape index (κ1) is 7.97. The number of rotatable bonds is 0. The van der Waals surface area contributed by atoms with Gasteiger partial charge in [0.2, 0.25) is 0 Å². The number of allylic oxidation sites excluding steroid dienone is 2. The summed E-state index contributed by atoms with van der Waals surface area (Å²) in [7, 11) is 0. The lowest BCUT2D eigenvalue weighted by molar-refractivity contribution is -0.149. The van der Waals surface area contributed by atoms with Gasteiger partial charge in [-0.25, -0.2) is 9.59 Å². The van der Waals surface area contributed by atoms with Crippen LogP contribution in [0.4, 0.5) is 0 Å². The van der Waals surface area contributed by atoms with Crippen molar-refractivity contribution in [2.75, 3.05) is 0 Å². The number of esters is 2. The van der Waals surface area contributed by atoms with E-state index in [1.807, 2.05) is 0 Å². The number of hydrogen-bond acceptors (Lipinski definition) is 3. The molecular weight excluding hydrogens is 271 g/mol. The molecule has 62 valence electrons. The molecule has 1 aliphatic heterocycles. The van der Waals surface area contributed by atoms with Gasteiger partial charge in [0.25, 0.3) is 0 Å². The summed E-state index contributed by atoms with van der Waals surface area (Å²) in [6.07, 6.45) is 4.34. The van der Waals surface area contributed by atoms with Crippen molar-refractivity contribution < 1.29 is 14.3 Å². The minimum atomic E-state index is -0.507. The average molecular weight is 276 g/mol. The van der Waals surface area contributed by atoms with E-state index in [1.54, 1.807) is 12.2 Å². The third-order valence-corrected chi connectivity index (χ3v) is 2.68. The molecule has 0 aromatic carbocycles. The fraction of sp³-hybridized carbons (Fsp3) is 0.250. The summed E-state index contributed by atoms with van der Waals surface area (Å²) in [4.78, 5) is 22.0. The van der Waals surface area contributed by atoms with E-state index in [0.717, 1.165) is 6.42 Å². The van der Waals surface area contributed by atoms with Gasteiger partial charge in [0.15, 0.2) is 0 Å². The molecule has 0 radical (unpaired) electrons. The summed E-state index contributed by atoms with van der Waals surface area (Å²) in [6.45, 7) is 0. The van der Waals surface area contributed by atoms with Crippen LogP contribution in [0.15, 0.2) is 23.3 Å². The molecule has 2 rings (SSSR count). The molecule has 1 atom stereocenters. The number of ether oxygens (including phenoxy) is 1. The van der Waals surface area contributed by atoms with E-state index < -0.39 is 11.9 Å². The van der Waals surface area contributed by atoms with Crippen molar-refractivity contribution in [2.24, 2.45) is 0 Å². The topological polar surface area (TPSA) is 43.4 Å². The Morgan fingerprint density at radius 2 is 2.00 bits per heavy atom. The molecule has 0 aromatic rings. The number of carbonyl (C=O) groups excluding carboxylic acids is 2. The number of cyclic esters (lactones) is 2. The molecule has 0 bridgehead atoms. The number of hydrogen-bond donors (Lipinski definition) is 0. The van der Waals surface area contributed by atoms with E-state index in [1.165, 1.54) is 0 Å². The van der Waals surface area contributed by atoms with E-state index in [4.69, 9.17) is 0 Å². The van der Waals surface area contributed by atoms with Gasteiger partial charge in [0, 0.05) is 3.92 Å². The van der Waals surface area contributed by atoms with Crippen molar-refractivity contribution in [2.45, 2.75) is 10.3 Å². The Hall–Kier alpha value is -0.650. The van der Waals surface area contributed by atoms with E-state index in [9.17, 15) is 9.59 Å². The van der Waals surface area contributed by atoms with Gasteiger partial charge >= 0.3 is 11.9 Å². The fourth-order valence-electron chi connectivity index (χ4n) is 1.24. The zero-order valence-electron chi connectivity index (χ0n) is 6.04. The van der Waals surface area contributed by atoms with Crippen LogP contribution in [-0.4, -0.2) is 15.9 Å². The van der Waals surface area contributed by atoms with E-state index in [2.05, 4.69) is 27.3 Å². The fourth-order valence-corrected chi connectivity index (χ4v) is 1.86. The third-order valence-electron chi connectivity index (χ3n) is 1.81. The van der Waals surface area contributed by atoms with Crippen LogP contribution in [0.5, 0.6) is 0 Å².